The third-order valence-electron chi connectivity index (χ3n) is 4.45. The lowest BCUT2D eigenvalue weighted by molar-refractivity contribution is -0.154. The molecule has 0 spiro atoms. The first-order valence-corrected chi connectivity index (χ1v) is 7.44. The second-order valence-electron chi connectivity index (χ2n) is 6.13. The van der Waals surface area contributed by atoms with Gasteiger partial charge in [0.05, 0.1) is 5.41 Å². The summed E-state index contributed by atoms with van der Waals surface area (Å²) < 4.78 is 0. The van der Waals surface area contributed by atoms with Crippen molar-refractivity contribution >= 4 is 5.97 Å². The zero-order valence-corrected chi connectivity index (χ0v) is 12.4. The van der Waals surface area contributed by atoms with Gasteiger partial charge in [-0.05, 0) is 38.1 Å². The second kappa shape index (κ2) is 6.55. The van der Waals surface area contributed by atoms with Crippen molar-refractivity contribution in [2.75, 3.05) is 13.1 Å². The molecule has 18 heavy (non-hydrogen) atoms. The topological polar surface area (TPSA) is 40.5 Å². The Morgan fingerprint density at radius 2 is 2.06 bits per heavy atom. The Labute approximate surface area is 112 Å². The second-order valence-corrected chi connectivity index (χ2v) is 6.13. The van der Waals surface area contributed by atoms with Crippen molar-refractivity contribution in [2.24, 2.45) is 11.3 Å². The molecule has 0 radical (unpaired) electrons. The number of hydrogen-bond acceptors (Lipinski definition) is 2. The van der Waals surface area contributed by atoms with E-state index >= 15 is 0 Å². The third-order valence-corrected chi connectivity index (χ3v) is 4.45. The molecular formula is C15H29NO2. The molecular weight excluding hydrogens is 226 g/mol. The van der Waals surface area contributed by atoms with Gasteiger partial charge in [-0.2, -0.15) is 0 Å². The lowest BCUT2D eigenvalue weighted by Crippen LogP contribution is -2.52. The molecule has 1 saturated heterocycles. The summed E-state index contributed by atoms with van der Waals surface area (Å²) in [4.78, 5) is 14.1. The number of carboxylic acids is 1. The van der Waals surface area contributed by atoms with E-state index in [2.05, 4.69) is 32.6 Å². The van der Waals surface area contributed by atoms with E-state index in [9.17, 15) is 9.90 Å². The molecule has 0 aromatic rings. The van der Waals surface area contributed by atoms with Gasteiger partial charge in [0.2, 0.25) is 0 Å². The van der Waals surface area contributed by atoms with E-state index < -0.39 is 11.4 Å². The first-order chi connectivity index (χ1) is 8.46. The Morgan fingerprint density at radius 1 is 1.39 bits per heavy atom. The van der Waals surface area contributed by atoms with E-state index in [1.54, 1.807) is 0 Å². The van der Waals surface area contributed by atoms with Crippen LogP contribution in [0.4, 0.5) is 0 Å². The van der Waals surface area contributed by atoms with Crippen LogP contribution < -0.4 is 0 Å². The van der Waals surface area contributed by atoms with Gasteiger partial charge in [0.25, 0.3) is 0 Å². The van der Waals surface area contributed by atoms with E-state index in [1.807, 2.05) is 0 Å². The largest absolute Gasteiger partial charge is 0.481 e. The molecule has 106 valence electrons. The molecule has 0 amide bonds. The normalized spacial score (nSPS) is 27.4. The number of carbonyl (C=O) groups is 1. The minimum absolute atomic E-state index is 0.491. The van der Waals surface area contributed by atoms with Crippen molar-refractivity contribution in [2.45, 2.75) is 65.8 Å². The van der Waals surface area contributed by atoms with Gasteiger partial charge in [-0.25, -0.2) is 0 Å². The van der Waals surface area contributed by atoms with E-state index in [-0.39, 0.29) is 0 Å². The Hall–Kier alpha value is -0.570. The lowest BCUT2D eigenvalue weighted by atomic mass is 9.75. The average Bonchev–Trinajstić information content (AvgIpc) is 2.30. The Kier molecular flexibility index (Phi) is 5.64. The molecule has 1 fully saturated rings. The average molecular weight is 255 g/mol. The first kappa shape index (κ1) is 15.5. The van der Waals surface area contributed by atoms with Crippen molar-refractivity contribution in [3.63, 3.8) is 0 Å². The number of piperidine rings is 1. The molecule has 0 aromatic carbocycles. The Balaban J connectivity index is 2.83. The van der Waals surface area contributed by atoms with Crippen LogP contribution in [0.1, 0.15) is 59.8 Å². The highest BCUT2D eigenvalue weighted by atomic mass is 16.4. The molecule has 1 heterocycles. The summed E-state index contributed by atoms with van der Waals surface area (Å²) in [7, 11) is 0. The number of carboxylic acid groups (broad SMARTS) is 1. The number of hydrogen-bond donors (Lipinski definition) is 1. The van der Waals surface area contributed by atoms with Crippen molar-refractivity contribution in [1.82, 2.24) is 4.90 Å². The van der Waals surface area contributed by atoms with Gasteiger partial charge in [0.15, 0.2) is 0 Å². The molecule has 3 nitrogen and oxygen atoms in total. The maximum Gasteiger partial charge on any atom is 0.310 e. The fourth-order valence-corrected chi connectivity index (χ4v) is 3.57. The highest BCUT2D eigenvalue weighted by Gasteiger charge is 2.43. The van der Waals surface area contributed by atoms with Gasteiger partial charge in [0.1, 0.15) is 0 Å². The van der Waals surface area contributed by atoms with Crippen LogP contribution in [0, 0.1) is 11.3 Å². The fraction of sp³-hybridized carbons (Fsp3) is 0.933. The van der Waals surface area contributed by atoms with Crippen LogP contribution >= 0.6 is 0 Å². The molecule has 1 rings (SSSR count). The molecule has 2 atom stereocenters. The van der Waals surface area contributed by atoms with E-state index in [0.717, 1.165) is 45.2 Å². The standard InChI is InChI=1S/C15H29NO2/c1-5-8-15(14(17)18)9-7-10-16(11-15)13(6-2)12(3)4/h12-13H,5-11H2,1-4H3,(H,17,18). The molecule has 3 heteroatoms. The van der Waals surface area contributed by atoms with Gasteiger partial charge in [-0.15, -0.1) is 0 Å². The zero-order chi connectivity index (χ0) is 13.8. The smallest absolute Gasteiger partial charge is 0.310 e. The number of likely N-dealkylation sites (tertiary alicyclic amines) is 1. The van der Waals surface area contributed by atoms with E-state index in [1.165, 1.54) is 0 Å². The molecule has 1 aliphatic rings. The van der Waals surface area contributed by atoms with Crippen LogP contribution in [0.5, 0.6) is 0 Å². The molecule has 0 bridgehead atoms. The van der Waals surface area contributed by atoms with Crippen LogP contribution in [-0.4, -0.2) is 35.1 Å². The van der Waals surface area contributed by atoms with Crippen molar-refractivity contribution in [3.05, 3.63) is 0 Å². The summed E-state index contributed by atoms with van der Waals surface area (Å²) in [6.07, 6.45) is 4.75. The summed E-state index contributed by atoms with van der Waals surface area (Å²) in [5.41, 5.74) is -0.491. The zero-order valence-electron chi connectivity index (χ0n) is 12.4. The predicted molar refractivity (Wildman–Crippen MR) is 74.7 cm³/mol. The maximum atomic E-state index is 11.7. The first-order valence-electron chi connectivity index (χ1n) is 7.44. The SMILES string of the molecule is CCCC1(C(=O)O)CCCN(C(CC)C(C)C)C1. The quantitative estimate of drug-likeness (QED) is 0.791. The van der Waals surface area contributed by atoms with E-state index in [0.29, 0.717) is 12.0 Å². The van der Waals surface area contributed by atoms with Crippen LogP contribution in [0.25, 0.3) is 0 Å². The van der Waals surface area contributed by atoms with Crippen molar-refractivity contribution < 1.29 is 9.90 Å². The van der Waals surface area contributed by atoms with Crippen LogP contribution in [-0.2, 0) is 4.79 Å². The van der Waals surface area contributed by atoms with Crippen molar-refractivity contribution in [3.8, 4) is 0 Å². The molecule has 1 aliphatic heterocycles. The lowest BCUT2D eigenvalue weighted by Gasteiger charge is -2.44. The molecule has 1 N–H and O–H groups in total. The Morgan fingerprint density at radius 3 is 2.50 bits per heavy atom. The van der Waals surface area contributed by atoms with Crippen LogP contribution in [0.15, 0.2) is 0 Å². The van der Waals surface area contributed by atoms with Crippen LogP contribution in [0.2, 0.25) is 0 Å². The maximum absolute atomic E-state index is 11.7. The number of rotatable bonds is 6. The van der Waals surface area contributed by atoms with Gasteiger partial charge >= 0.3 is 5.97 Å². The molecule has 2 unspecified atom stereocenters. The fourth-order valence-electron chi connectivity index (χ4n) is 3.57. The van der Waals surface area contributed by atoms with Crippen LogP contribution in [0.3, 0.4) is 0 Å². The number of aliphatic carboxylic acids is 1. The molecule has 0 aromatic heterocycles. The molecule has 0 aliphatic carbocycles. The highest BCUT2D eigenvalue weighted by molar-refractivity contribution is 5.75. The van der Waals surface area contributed by atoms with Gasteiger partial charge in [0, 0.05) is 12.6 Å². The monoisotopic (exact) mass is 255 g/mol. The summed E-state index contributed by atoms with van der Waals surface area (Å²) >= 11 is 0. The Bertz CT molecular complexity index is 274. The minimum atomic E-state index is -0.590. The van der Waals surface area contributed by atoms with Crippen molar-refractivity contribution in [1.29, 1.82) is 0 Å². The summed E-state index contributed by atoms with van der Waals surface area (Å²) in [5, 5.41) is 9.60. The van der Waals surface area contributed by atoms with Gasteiger partial charge in [-0.1, -0.05) is 34.1 Å². The predicted octanol–water partition coefficient (Wildman–Crippen LogP) is 3.39. The van der Waals surface area contributed by atoms with Gasteiger partial charge in [-0.3, -0.25) is 9.69 Å². The number of nitrogens with zero attached hydrogens (tertiary/aromatic N) is 1. The molecule has 0 saturated carbocycles. The summed E-state index contributed by atoms with van der Waals surface area (Å²) in [5.74, 6) is 0.00822. The third kappa shape index (κ3) is 3.25. The van der Waals surface area contributed by atoms with E-state index in [4.69, 9.17) is 0 Å². The summed E-state index contributed by atoms with van der Waals surface area (Å²) in [6, 6.07) is 0.529. The minimum Gasteiger partial charge on any atom is -0.481 e. The summed E-state index contributed by atoms with van der Waals surface area (Å²) in [6.45, 7) is 10.6. The van der Waals surface area contributed by atoms with Gasteiger partial charge < -0.3 is 5.11 Å². The highest BCUT2D eigenvalue weighted by Crippen LogP contribution is 2.36.